The van der Waals surface area contributed by atoms with Crippen LogP contribution in [-0.2, 0) is 20.4 Å². The first-order chi connectivity index (χ1) is 12.4. The minimum Gasteiger partial charge on any atom is -0.493 e. The average molecular weight is 385 g/mol. The van der Waals surface area contributed by atoms with Crippen LogP contribution in [0.1, 0.15) is 5.89 Å². The first kappa shape index (κ1) is 19.7. The first-order valence-corrected chi connectivity index (χ1v) is 9.33. The predicted octanol–water partition coefficient (Wildman–Crippen LogP) is -0.223. The van der Waals surface area contributed by atoms with Crippen molar-refractivity contribution in [1.82, 2.24) is 15.5 Å². The molecule has 0 aliphatic carbocycles. The van der Waals surface area contributed by atoms with E-state index in [1.54, 1.807) is 18.2 Å². The monoisotopic (exact) mass is 385 g/mol. The van der Waals surface area contributed by atoms with Crippen LogP contribution in [0, 0.1) is 0 Å². The smallest absolute Gasteiger partial charge is 0.242 e. The Morgan fingerprint density at radius 3 is 2.65 bits per heavy atom. The molecule has 2 aromatic rings. The highest BCUT2D eigenvalue weighted by molar-refractivity contribution is 7.91. The third-order valence-electron chi connectivity index (χ3n) is 3.24. The Morgan fingerprint density at radius 2 is 2.00 bits per heavy atom. The largest absolute Gasteiger partial charge is 0.493 e. The van der Waals surface area contributed by atoms with Crippen molar-refractivity contribution in [2.75, 3.05) is 33.1 Å². The van der Waals surface area contributed by atoms with Crippen LogP contribution in [0.2, 0.25) is 0 Å². The summed E-state index contributed by atoms with van der Waals surface area (Å²) in [5.41, 5.74) is 0.552. The van der Waals surface area contributed by atoms with Crippen molar-refractivity contribution in [3.05, 3.63) is 24.1 Å². The molecule has 0 atom stereocenters. The Bertz CT molecular complexity index is 864. The Kier molecular flexibility index (Phi) is 6.52. The molecule has 1 amide bonds. The van der Waals surface area contributed by atoms with Crippen LogP contribution in [0.25, 0.3) is 11.4 Å². The van der Waals surface area contributed by atoms with Crippen LogP contribution in [0.4, 0.5) is 0 Å². The number of carbonyl (C=O) groups excluding carboxylic acids is 1. The maximum Gasteiger partial charge on any atom is 0.242 e. The number of ether oxygens (including phenoxy) is 2. The maximum atomic E-state index is 12.0. The Labute approximate surface area is 150 Å². The molecule has 0 saturated carbocycles. The fourth-order valence-electron chi connectivity index (χ4n) is 2.09. The topological polar surface area (TPSA) is 141 Å². The molecule has 0 spiro atoms. The number of amides is 1. The lowest BCUT2D eigenvalue weighted by Crippen LogP contribution is -2.32. The summed E-state index contributed by atoms with van der Waals surface area (Å²) in [6.45, 7) is -0.289. The lowest BCUT2D eigenvalue weighted by Gasteiger charge is -2.07. The molecule has 26 heavy (non-hydrogen) atoms. The van der Waals surface area contributed by atoms with E-state index in [2.05, 4.69) is 15.5 Å². The van der Waals surface area contributed by atoms with E-state index in [9.17, 15) is 13.2 Å². The van der Waals surface area contributed by atoms with E-state index in [1.807, 2.05) is 0 Å². The summed E-state index contributed by atoms with van der Waals surface area (Å²) in [5, 5.41) is 14.6. The molecule has 0 aliphatic rings. The highest BCUT2D eigenvalue weighted by Gasteiger charge is 2.21. The zero-order valence-corrected chi connectivity index (χ0v) is 15.1. The molecule has 0 unspecified atom stereocenters. The van der Waals surface area contributed by atoms with Gasteiger partial charge in [0.15, 0.2) is 21.3 Å². The second-order valence-electron chi connectivity index (χ2n) is 5.19. The lowest BCUT2D eigenvalue weighted by atomic mass is 10.2. The van der Waals surface area contributed by atoms with E-state index < -0.39 is 27.3 Å². The lowest BCUT2D eigenvalue weighted by molar-refractivity contribution is -0.118. The third-order valence-corrected chi connectivity index (χ3v) is 4.63. The van der Waals surface area contributed by atoms with Gasteiger partial charge in [-0.2, -0.15) is 4.98 Å². The van der Waals surface area contributed by atoms with Crippen molar-refractivity contribution in [2.45, 2.75) is 5.75 Å². The van der Waals surface area contributed by atoms with Gasteiger partial charge in [-0.25, -0.2) is 8.42 Å². The van der Waals surface area contributed by atoms with Crippen LogP contribution in [0.3, 0.4) is 0 Å². The second-order valence-corrected chi connectivity index (χ2v) is 7.25. The summed E-state index contributed by atoms with van der Waals surface area (Å²) in [6.07, 6.45) is 0. The number of rotatable bonds is 9. The van der Waals surface area contributed by atoms with Crippen molar-refractivity contribution >= 4 is 15.7 Å². The van der Waals surface area contributed by atoms with Gasteiger partial charge in [0.25, 0.3) is 0 Å². The van der Waals surface area contributed by atoms with Gasteiger partial charge in [0.2, 0.25) is 17.6 Å². The maximum absolute atomic E-state index is 12.0. The van der Waals surface area contributed by atoms with E-state index in [1.165, 1.54) is 14.2 Å². The van der Waals surface area contributed by atoms with Gasteiger partial charge in [-0.15, -0.1) is 0 Å². The standard InChI is InChI=1S/C15H19N3O7S/c1-23-11-4-3-10(7-12(11)24-2)15-17-14(25-18-15)9-26(21,22)8-13(20)16-5-6-19/h3-4,7,19H,5-6,8-9H2,1-2H3,(H,16,20). The van der Waals surface area contributed by atoms with Crippen molar-refractivity contribution < 1.29 is 32.3 Å². The number of hydrogen-bond donors (Lipinski definition) is 2. The number of methoxy groups -OCH3 is 2. The van der Waals surface area contributed by atoms with Crippen LogP contribution >= 0.6 is 0 Å². The average Bonchev–Trinajstić information content (AvgIpc) is 3.06. The highest BCUT2D eigenvalue weighted by atomic mass is 32.2. The summed E-state index contributed by atoms with van der Waals surface area (Å²) in [7, 11) is -0.802. The van der Waals surface area contributed by atoms with E-state index in [0.29, 0.717) is 17.1 Å². The van der Waals surface area contributed by atoms with E-state index in [4.69, 9.17) is 19.1 Å². The number of carbonyl (C=O) groups is 1. The van der Waals surface area contributed by atoms with Gasteiger partial charge >= 0.3 is 0 Å². The molecule has 1 aromatic heterocycles. The molecule has 1 aromatic carbocycles. The Balaban J connectivity index is 2.11. The number of nitrogens with one attached hydrogen (secondary N) is 1. The van der Waals surface area contributed by atoms with E-state index in [0.717, 1.165) is 0 Å². The SMILES string of the molecule is COc1ccc(-c2noc(CS(=O)(=O)CC(=O)NCCO)n2)cc1OC. The Morgan fingerprint density at radius 1 is 1.27 bits per heavy atom. The zero-order valence-electron chi connectivity index (χ0n) is 14.3. The molecule has 0 bridgehead atoms. The normalized spacial score (nSPS) is 11.2. The third kappa shape index (κ3) is 5.17. The molecule has 10 nitrogen and oxygen atoms in total. The number of aliphatic hydroxyl groups is 1. The van der Waals surface area contributed by atoms with Crippen molar-refractivity contribution in [3.63, 3.8) is 0 Å². The van der Waals surface area contributed by atoms with E-state index in [-0.39, 0.29) is 24.9 Å². The molecule has 11 heteroatoms. The summed E-state index contributed by atoms with van der Waals surface area (Å²) in [4.78, 5) is 15.5. The van der Waals surface area contributed by atoms with Crippen LogP contribution in [0.5, 0.6) is 11.5 Å². The summed E-state index contributed by atoms with van der Waals surface area (Å²) >= 11 is 0. The van der Waals surface area contributed by atoms with Crippen molar-refractivity contribution in [3.8, 4) is 22.9 Å². The molecular formula is C15H19N3O7S. The van der Waals surface area contributed by atoms with Gasteiger partial charge in [-0.3, -0.25) is 4.79 Å². The summed E-state index contributed by atoms with van der Waals surface area (Å²) in [6, 6.07) is 4.96. The van der Waals surface area contributed by atoms with Gasteiger partial charge in [-0.1, -0.05) is 5.16 Å². The molecule has 142 valence electrons. The molecule has 0 saturated heterocycles. The summed E-state index contributed by atoms with van der Waals surface area (Å²) < 4.78 is 39.3. The zero-order chi connectivity index (χ0) is 19.2. The van der Waals surface area contributed by atoms with Crippen LogP contribution < -0.4 is 14.8 Å². The molecule has 0 radical (unpaired) electrons. The van der Waals surface area contributed by atoms with Gasteiger partial charge in [0.05, 0.1) is 20.8 Å². The fourth-order valence-corrected chi connectivity index (χ4v) is 3.19. The van der Waals surface area contributed by atoms with Gasteiger partial charge in [0.1, 0.15) is 11.5 Å². The number of aromatic nitrogens is 2. The van der Waals surface area contributed by atoms with Gasteiger partial charge in [-0.05, 0) is 18.2 Å². The second kappa shape index (κ2) is 8.63. The Hall–Kier alpha value is -2.66. The van der Waals surface area contributed by atoms with Crippen LogP contribution in [-0.4, -0.2) is 62.7 Å². The molecular weight excluding hydrogens is 366 g/mol. The minimum absolute atomic E-state index is 0.0155. The number of aliphatic hydroxyl groups excluding tert-OH is 1. The minimum atomic E-state index is -3.79. The molecule has 1 heterocycles. The molecule has 0 aliphatic heterocycles. The molecule has 0 fully saturated rings. The number of benzene rings is 1. The highest BCUT2D eigenvalue weighted by Crippen LogP contribution is 2.31. The van der Waals surface area contributed by atoms with E-state index >= 15 is 0 Å². The quantitative estimate of drug-likeness (QED) is 0.599. The number of hydrogen-bond acceptors (Lipinski definition) is 9. The van der Waals surface area contributed by atoms with Gasteiger partial charge in [0, 0.05) is 12.1 Å². The van der Waals surface area contributed by atoms with Crippen molar-refractivity contribution in [2.24, 2.45) is 0 Å². The van der Waals surface area contributed by atoms with Crippen LogP contribution in [0.15, 0.2) is 22.7 Å². The molecule has 2 rings (SSSR count). The predicted molar refractivity (Wildman–Crippen MR) is 90.4 cm³/mol. The molecule has 2 N–H and O–H groups in total. The van der Waals surface area contributed by atoms with Crippen molar-refractivity contribution in [1.29, 1.82) is 0 Å². The summed E-state index contributed by atoms with van der Waals surface area (Å²) in [5.74, 6) is -0.980. The fraction of sp³-hybridized carbons (Fsp3) is 0.400. The van der Waals surface area contributed by atoms with Gasteiger partial charge < -0.3 is 24.4 Å². The number of nitrogens with zero attached hydrogens (tertiary/aromatic N) is 2. The number of sulfone groups is 1. The first-order valence-electron chi connectivity index (χ1n) is 7.51.